The van der Waals surface area contributed by atoms with Crippen molar-refractivity contribution >= 4 is 0 Å². The van der Waals surface area contributed by atoms with Crippen LogP contribution in [0.4, 0.5) is 0 Å². The lowest BCUT2D eigenvalue weighted by Gasteiger charge is -2.22. The van der Waals surface area contributed by atoms with E-state index in [4.69, 9.17) is 9.47 Å². The monoisotopic (exact) mass is 277 g/mol. The molecule has 112 valence electrons. The third-order valence-electron chi connectivity index (χ3n) is 4.03. The first-order chi connectivity index (χ1) is 9.83. The zero-order valence-corrected chi connectivity index (χ0v) is 12.8. The van der Waals surface area contributed by atoms with Crippen molar-refractivity contribution in [3.63, 3.8) is 0 Å². The van der Waals surface area contributed by atoms with Crippen LogP contribution in [0.25, 0.3) is 0 Å². The molecular formula is C17H27NO2. The van der Waals surface area contributed by atoms with Gasteiger partial charge in [-0.1, -0.05) is 26.2 Å². The van der Waals surface area contributed by atoms with Gasteiger partial charge >= 0.3 is 0 Å². The van der Waals surface area contributed by atoms with Gasteiger partial charge in [-0.15, -0.1) is 0 Å². The van der Waals surface area contributed by atoms with Crippen LogP contribution in [0.2, 0.25) is 0 Å². The van der Waals surface area contributed by atoms with Gasteiger partial charge in [-0.05, 0) is 43.5 Å². The molecule has 3 nitrogen and oxygen atoms in total. The average Bonchev–Trinajstić information content (AvgIpc) is 2.52. The van der Waals surface area contributed by atoms with Crippen molar-refractivity contribution in [3.05, 3.63) is 23.8 Å². The first kappa shape index (κ1) is 15.2. The van der Waals surface area contributed by atoms with E-state index < -0.39 is 0 Å². The molecule has 0 bridgehead atoms. The molecule has 0 amide bonds. The Kier molecular flexibility index (Phi) is 6.19. The molecule has 1 aliphatic carbocycles. The van der Waals surface area contributed by atoms with Crippen molar-refractivity contribution in [3.8, 4) is 11.5 Å². The summed E-state index contributed by atoms with van der Waals surface area (Å²) in [5, 5.41) is 3.36. The van der Waals surface area contributed by atoms with Crippen molar-refractivity contribution < 1.29 is 9.47 Å². The Morgan fingerprint density at radius 3 is 2.70 bits per heavy atom. The summed E-state index contributed by atoms with van der Waals surface area (Å²) >= 11 is 0. The van der Waals surface area contributed by atoms with Gasteiger partial charge in [0.15, 0.2) is 0 Å². The molecule has 0 spiro atoms. The Hall–Kier alpha value is -1.22. The maximum absolute atomic E-state index is 6.08. The van der Waals surface area contributed by atoms with Gasteiger partial charge in [0.05, 0.1) is 13.7 Å². The van der Waals surface area contributed by atoms with Crippen LogP contribution in [-0.4, -0.2) is 20.3 Å². The van der Waals surface area contributed by atoms with Crippen molar-refractivity contribution in [1.82, 2.24) is 5.32 Å². The predicted octanol–water partition coefficient (Wildman–Crippen LogP) is 3.76. The highest BCUT2D eigenvalue weighted by Crippen LogP contribution is 2.28. The largest absolute Gasteiger partial charge is 0.497 e. The molecule has 0 heterocycles. The summed E-state index contributed by atoms with van der Waals surface area (Å²) in [6, 6.07) is 6.08. The Balaban J connectivity index is 1.97. The molecule has 0 atom stereocenters. The third-order valence-corrected chi connectivity index (χ3v) is 4.03. The van der Waals surface area contributed by atoms with E-state index in [1.807, 2.05) is 12.1 Å². The van der Waals surface area contributed by atoms with Gasteiger partial charge in [0.2, 0.25) is 0 Å². The fraction of sp³-hybridized carbons (Fsp3) is 0.647. The minimum absolute atomic E-state index is 0.734. The normalized spacial score (nSPS) is 16.1. The fourth-order valence-electron chi connectivity index (χ4n) is 2.78. The maximum atomic E-state index is 6.08. The zero-order valence-electron chi connectivity index (χ0n) is 12.8. The predicted molar refractivity (Wildman–Crippen MR) is 82.4 cm³/mol. The molecule has 1 fully saturated rings. The summed E-state index contributed by atoms with van der Waals surface area (Å²) < 4.78 is 11.4. The van der Waals surface area contributed by atoms with E-state index in [9.17, 15) is 0 Å². The van der Waals surface area contributed by atoms with E-state index in [0.29, 0.717) is 0 Å². The molecule has 1 aromatic carbocycles. The van der Waals surface area contributed by atoms with Crippen LogP contribution in [0.3, 0.4) is 0 Å². The summed E-state index contributed by atoms with van der Waals surface area (Å²) in [6.45, 7) is 4.75. The minimum atomic E-state index is 0.734. The molecule has 0 radical (unpaired) electrons. The molecule has 1 N–H and O–H groups in total. The molecule has 0 saturated heterocycles. The molecule has 1 aromatic rings. The van der Waals surface area contributed by atoms with Crippen molar-refractivity contribution in [2.45, 2.75) is 45.6 Å². The van der Waals surface area contributed by atoms with Gasteiger partial charge in [-0.3, -0.25) is 0 Å². The van der Waals surface area contributed by atoms with Crippen molar-refractivity contribution in [2.75, 3.05) is 20.3 Å². The van der Waals surface area contributed by atoms with E-state index in [1.165, 1.54) is 37.7 Å². The quantitative estimate of drug-likeness (QED) is 0.823. The number of hydrogen-bond donors (Lipinski definition) is 1. The standard InChI is InChI=1S/C17H27NO2/c1-3-18-12-15-11-16(19-2)9-10-17(15)20-13-14-7-5-4-6-8-14/h9-11,14,18H,3-8,12-13H2,1-2H3. The second kappa shape index (κ2) is 8.15. The second-order valence-electron chi connectivity index (χ2n) is 5.57. The first-order valence-corrected chi connectivity index (χ1v) is 7.84. The highest BCUT2D eigenvalue weighted by atomic mass is 16.5. The topological polar surface area (TPSA) is 30.5 Å². The maximum Gasteiger partial charge on any atom is 0.124 e. The lowest BCUT2D eigenvalue weighted by Crippen LogP contribution is -2.17. The number of hydrogen-bond acceptors (Lipinski definition) is 3. The van der Waals surface area contributed by atoms with E-state index >= 15 is 0 Å². The van der Waals surface area contributed by atoms with Crippen LogP contribution in [0.1, 0.15) is 44.6 Å². The van der Waals surface area contributed by atoms with Crippen LogP contribution in [0, 0.1) is 5.92 Å². The lowest BCUT2D eigenvalue weighted by molar-refractivity contribution is 0.207. The van der Waals surface area contributed by atoms with Crippen LogP contribution in [-0.2, 0) is 6.54 Å². The van der Waals surface area contributed by atoms with Crippen LogP contribution >= 0.6 is 0 Å². The lowest BCUT2D eigenvalue weighted by atomic mass is 9.90. The highest BCUT2D eigenvalue weighted by Gasteiger charge is 2.15. The Labute approximate surface area is 122 Å². The van der Waals surface area contributed by atoms with Gasteiger partial charge in [0, 0.05) is 12.1 Å². The van der Waals surface area contributed by atoms with E-state index in [-0.39, 0.29) is 0 Å². The van der Waals surface area contributed by atoms with Gasteiger partial charge in [-0.2, -0.15) is 0 Å². The smallest absolute Gasteiger partial charge is 0.124 e. The highest BCUT2D eigenvalue weighted by molar-refractivity contribution is 5.40. The fourth-order valence-corrected chi connectivity index (χ4v) is 2.78. The number of ether oxygens (including phenoxy) is 2. The van der Waals surface area contributed by atoms with Crippen LogP contribution < -0.4 is 14.8 Å². The molecule has 2 rings (SSSR count). The van der Waals surface area contributed by atoms with Gasteiger partial charge in [0.1, 0.15) is 11.5 Å². The minimum Gasteiger partial charge on any atom is -0.497 e. The summed E-state index contributed by atoms with van der Waals surface area (Å²) in [5.74, 6) is 2.62. The summed E-state index contributed by atoms with van der Waals surface area (Å²) in [7, 11) is 1.70. The van der Waals surface area contributed by atoms with Gasteiger partial charge in [-0.25, -0.2) is 0 Å². The van der Waals surface area contributed by atoms with E-state index in [1.54, 1.807) is 7.11 Å². The summed E-state index contributed by atoms with van der Waals surface area (Å²) in [6.07, 6.45) is 6.75. The van der Waals surface area contributed by atoms with Crippen molar-refractivity contribution in [1.29, 1.82) is 0 Å². The molecule has 0 unspecified atom stereocenters. The van der Waals surface area contributed by atoms with Gasteiger partial charge < -0.3 is 14.8 Å². The molecule has 20 heavy (non-hydrogen) atoms. The number of methoxy groups -OCH3 is 1. The molecule has 1 saturated carbocycles. The molecule has 3 heteroatoms. The van der Waals surface area contributed by atoms with Gasteiger partial charge in [0.25, 0.3) is 0 Å². The third kappa shape index (κ3) is 4.41. The zero-order chi connectivity index (χ0) is 14.2. The molecular weight excluding hydrogens is 250 g/mol. The average molecular weight is 277 g/mol. The van der Waals surface area contributed by atoms with Crippen LogP contribution in [0.5, 0.6) is 11.5 Å². The number of nitrogens with one attached hydrogen (secondary N) is 1. The summed E-state index contributed by atoms with van der Waals surface area (Å²) in [4.78, 5) is 0. The number of benzene rings is 1. The second-order valence-corrected chi connectivity index (χ2v) is 5.57. The Morgan fingerprint density at radius 2 is 2.00 bits per heavy atom. The molecule has 1 aliphatic rings. The molecule has 0 aromatic heterocycles. The Bertz CT molecular complexity index is 400. The summed E-state index contributed by atoms with van der Waals surface area (Å²) in [5.41, 5.74) is 1.18. The first-order valence-electron chi connectivity index (χ1n) is 7.84. The Morgan fingerprint density at radius 1 is 1.20 bits per heavy atom. The van der Waals surface area contributed by atoms with Crippen molar-refractivity contribution in [2.24, 2.45) is 5.92 Å². The number of rotatable bonds is 7. The van der Waals surface area contributed by atoms with E-state index in [2.05, 4.69) is 18.3 Å². The van der Waals surface area contributed by atoms with Crippen LogP contribution in [0.15, 0.2) is 18.2 Å². The SMILES string of the molecule is CCNCc1cc(OC)ccc1OCC1CCCCC1. The van der Waals surface area contributed by atoms with E-state index in [0.717, 1.165) is 37.1 Å². The molecule has 0 aliphatic heterocycles.